The molecule has 1 heterocycles. The average molecular weight is 255 g/mol. The summed E-state index contributed by atoms with van der Waals surface area (Å²) in [7, 11) is 0. The molecule has 0 aromatic carbocycles. The minimum absolute atomic E-state index is 0.0222. The van der Waals surface area contributed by atoms with Crippen LogP contribution < -0.4 is 0 Å². The molecule has 0 bridgehead atoms. The van der Waals surface area contributed by atoms with E-state index in [4.69, 9.17) is 0 Å². The van der Waals surface area contributed by atoms with Gasteiger partial charge in [0, 0.05) is 25.0 Å². The molecule has 0 unspecified atom stereocenters. The second-order valence-electron chi connectivity index (χ2n) is 3.49. The number of hydrogen-bond acceptors (Lipinski definition) is 6. The summed E-state index contributed by atoms with van der Waals surface area (Å²) >= 11 is 0. The summed E-state index contributed by atoms with van der Waals surface area (Å²) in [6.07, 6.45) is 2.39. The highest BCUT2D eigenvalue weighted by Gasteiger charge is 2.32. The van der Waals surface area contributed by atoms with Crippen LogP contribution in [0.15, 0.2) is 12.2 Å². The number of carbonyl (C=O) groups excluding carboxylic acids is 4. The minimum Gasteiger partial charge on any atom is -0.463 e. The second-order valence-corrected chi connectivity index (χ2v) is 3.49. The summed E-state index contributed by atoms with van der Waals surface area (Å²) in [6, 6.07) is 0. The lowest BCUT2D eigenvalue weighted by atomic mass is 10.4. The normalized spacial score (nSPS) is 15.3. The third kappa shape index (κ3) is 4.00. The van der Waals surface area contributed by atoms with Crippen molar-refractivity contribution in [2.75, 3.05) is 6.61 Å². The Kier molecular flexibility index (Phi) is 5.04. The van der Waals surface area contributed by atoms with Crippen LogP contribution in [0.1, 0.15) is 26.2 Å². The fourth-order valence-corrected chi connectivity index (χ4v) is 1.17. The summed E-state index contributed by atoms with van der Waals surface area (Å²) in [5.41, 5.74) is 0. The smallest absolute Gasteiger partial charge is 0.357 e. The van der Waals surface area contributed by atoms with Gasteiger partial charge in [0.15, 0.2) is 0 Å². The van der Waals surface area contributed by atoms with Gasteiger partial charge < -0.3 is 9.57 Å². The van der Waals surface area contributed by atoms with Crippen molar-refractivity contribution in [2.45, 2.75) is 26.2 Å². The van der Waals surface area contributed by atoms with E-state index in [0.717, 1.165) is 12.2 Å². The molecule has 1 fully saturated rings. The molecule has 18 heavy (non-hydrogen) atoms. The summed E-state index contributed by atoms with van der Waals surface area (Å²) in [6.45, 7) is 2.08. The van der Waals surface area contributed by atoms with Crippen LogP contribution >= 0.6 is 0 Å². The molecule has 7 heteroatoms. The molecular weight excluding hydrogens is 242 g/mol. The van der Waals surface area contributed by atoms with Gasteiger partial charge in [0.25, 0.3) is 11.8 Å². The lowest BCUT2D eigenvalue weighted by Crippen LogP contribution is -2.31. The Bertz CT molecular complexity index is 384. The third-order valence-corrected chi connectivity index (χ3v) is 1.99. The Hall–Kier alpha value is -2.18. The van der Waals surface area contributed by atoms with E-state index < -0.39 is 23.8 Å². The molecule has 0 aromatic heterocycles. The molecule has 1 rings (SSSR count). The zero-order valence-corrected chi connectivity index (χ0v) is 9.88. The average Bonchev–Trinajstić information content (AvgIpc) is 2.65. The topological polar surface area (TPSA) is 90.0 Å². The molecule has 1 aliphatic rings. The number of hydroxylamine groups is 2. The van der Waals surface area contributed by atoms with Gasteiger partial charge in [0.05, 0.1) is 6.61 Å². The first-order valence-electron chi connectivity index (χ1n) is 5.47. The van der Waals surface area contributed by atoms with Crippen molar-refractivity contribution < 1.29 is 28.8 Å². The van der Waals surface area contributed by atoms with Gasteiger partial charge >= 0.3 is 11.9 Å². The van der Waals surface area contributed by atoms with Crippen LogP contribution in [-0.2, 0) is 28.8 Å². The van der Waals surface area contributed by atoms with Crippen LogP contribution in [0.3, 0.4) is 0 Å². The first kappa shape index (κ1) is 13.9. The van der Waals surface area contributed by atoms with E-state index in [1.165, 1.54) is 0 Å². The zero-order valence-electron chi connectivity index (χ0n) is 9.88. The largest absolute Gasteiger partial charge is 0.463 e. The van der Waals surface area contributed by atoms with Crippen LogP contribution in [0.2, 0.25) is 0 Å². The van der Waals surface area contributed by atoms with Crippen molar-refractivity contribution in [3.05, 3.63) is 12.2 Å². The number of amides is 2. The molecule has 0 spiro atoms. The molecule has 0 aliphatic carbocycles. The van der Waals surface area contributed by atoms with Gasteiger partial charge in [-0.15, -0.1) is 5.06 Å². The first-order chi connectivity index (χ1) is 8.54. The van der Waals surface area contributed by atoms with E-state index in [2.05, 4.69) is 9.57 Å². The third-order valence-electron chi connectivity index (χ3n) is 1.99. The van der Waals surface area contributed by atoms with Crippen LogP contribution in [0.5, 0.6) is 0 Å². The summed E-state index contributed by atoms with van der Waals surface area (Å²) < 4.78 is 4.67. The molecule has 1 aliphatic heterocycles. The maximum absolute atomic E-state index is 11.2. The van der Waals surface area contributed by atoms with Gasteiger partial charge in [0.1, 0.15) is 0 Å². The van der Waals surface area contributed by atoms with Gasteiger partial charge in [-0.05, 0) is 6.42 Å². The van der Waals surface area contributed by atoms with Gasteiger partial charge in [0.2, 0.25) is 0 Å². The highest BCUT2D eigenvalue weighted by atomic mass is 16.7. The number of carbonyl (C=O) groups is 4. The fourth-order valence-electron chi connectivity index (χ4n) is 1.17. The lowest BCUT2D eigenvalue weighted by molar-refractivity contribution is -0.193. The Balaban J connectivity index is 2.41. The van der Waals surface area contributed by atoms with Crippen molar-refractivity contribution in [1.29, 1.82) is 0 Å². The van der Waals surface area contributed by atoms with Gasteiger partial charge in [-0.3, -0.25) is 9.59 Å². The van der Waals surface area contributed by atoms with Crippen LogP contribution in [0.25, 0.3) is 0 Å². The maximum Gasteiger partial charge on any atom is 0.357 e. The van der Waals surface area contributed by atoms with Crippen molar-refractivity contribution >= 4 is 23.8 Å². The summed E-state index contributed by atoms with van der Waals surface area (Å²) in [5.74, 6) is -2.81. The molecular formula is C11H13NO6. The molecule has 0 radical (unpaired) electrons. The number of hydrogen-bond donors (Lipinski definition) is 0. The van der Waals surface area contributed by atoms with Crippen LogP contribution in [0.4, 0.5) is 0 Å². The van der Waals surface area contributed by atoms with E-state index >= 15 is 0 Å². The Morgan fingerprint density at radius 1 is 1.17 bits per heavy atom. The van der Waals surface area contributed by atoms with Crippen molar-refractivity contribution in [2.24, 2.45) is 0 Å². The number of ether oxygens (including phenoxy) is 1. The zero-order chi connectivity index (χ0) is 13.5. The Morgan fingerprint density at radius 3 is 2.28 bits per heavy atom. The predicted octanol–water partition coefficient (Wildman–Crippen LogP) is 0.103. The highest BCUT2D eigenvalue weighted by molar-refractivity contribution is 6.02. The number of esters is 1. The molecule has 0 atom stereocenters. The predicted molar refractivity (Wildman–Crippen MR) is 57.6 cm³/mol. The van der Waals surface area contributed by atoms with Crippen molar-refractivity contribution in [3.63, 3.8) is 0 Å². The standard InChI is InChI=1S/C11H13NO6/c1-2-7-17-10(15)5-6-11(16)18-12-8(13)3-4-9(12)14/h5-6H,2-4,7H2,1H3/b6-5+. The molecule has 1 saturated heterocycles. The second kappa shape index (κ2) is 6.53. The van der Waals surface area contributed by atoms with Gasteiger partial charge in [-0.1, -0.05) is 6.92 Å². The van der Waals surface area contributed by atoms with E-state index in [1.54, 1.807) is 0 Å². The van der Waals surface area contributed by atoms with Gasteiger partial charge in [-0.2, -0.15) is 0 Å². The maximum atomic E-state index is 11.2. The molecule has 98 valence electrons. The molecule has 0 N–H and O–H groups in total. The molecule has 7 nitrogen and oxygen atoms in total. The summed E-state index contributed by atoms with van der Waals surface area (Å²) in [5, 5.41) is 0.407. The monoisotopic (exact) mass is 255 g/mol. The Labute approximate surface area is 103 Å². The summed E-state index contributed by atoms with van der Waals surface area (Å²) in [4.78, 5) is 48.9. The van der Waals surface area contributed by atoms with Crippen molar-refractivity contribution in [3.8, 4) is 0 Å². The fraction of sp³-hybridized carbons (Fsp3) is 0.455. The SMILES string of the molecule is CCCOC(=O)/C=C/C(=O)ON1C(=O)CCC1=O. The van der Waals surface area contributed by atoms with E-state index in [0.29, 0.717) is 11.5 Å². The number of imide groups is 1. The molecule has 0 aromatic rings. The van der Waals surface area contributed by atoms with Gasteiger partial charge in [-0.25, -0.2) is 9.59 Å². The van der Waals surface area contributed by atoms with E-state index in [-0.39, 0.29) is 19.4 Å². The number of rotatable bonds is 5. The Morgan fingerprint density at radius 2 is 1.72 bits per heavy atom. The van der Waals surface area contributed by atoms with Crippen LogP contribution in [-0.4, -0.2) is 35.4 Å². The van der Waals surface area contributed by atoms with E-state index in [1.807, 2.05) is 6.92 Å². The van der Waals surface area contributed by atoms with Crippen LogP contribution in [0, 0.1) is 0 Å². The lowest BCUT2D eigenvalue weighted by Gasteiger charge is -2.10. The molecule has 0 saturated carbocycles. The van der Waals surface area contributed by atoms with E-state index in [9.17, 15) is 19.2 Å². The number of nitrogens with zero attached hydrogens (tertiary/aromatic N) is 1. The van der Waals surface area contributed by atoms with Crippen molar-refractivity contribution in [1.82, 2.24) is 5.06 Å². The highest BCUT2D eigenvalue weighted by Crippen LogP contribution is 2.12. The molecule has 2 amide bonds. The first-order valence-corrected chi connectivity index (χ1v) is 5.47. The quantitative estimate of drug-likeness (QED) is 0.393. The minimum atomic E-state index is -0.980.